The normalized spacial score (nSPS) is 20.3. The maximum atomic E-state index is 12.1. The highest BCUT2D eigenvalue weighted by Gasteiger charge is 2.40. The molecule has 2 rings (SSSR count). The summed E-state index contributed by atoms with van der Waals surface area (Å²) < 4.78 is 0. The van der Waals surface area contributed by atoms with E-state index in [0.29, 0.717) is 6.54 Å². The summed E-state index contributed by atoms with van der Waals surface area (Å²) in [5, 5.41) is 10.2. The van der Waals surface area contributed by atoms with Gasteiger partial charge in [-0.05, 0) is 19.4 Å². The molecule has 0 radical (unpaired) electrons. The van der Waals surface area contributed by atoms with Gasteiger partial charge in [-0.2, -0.15) is 5.06 Å². The first-order chi connectivity index (χ1) is 9.50. The lowest BCUT2D eigenvalue weighted by atomic mass is 10.2. The lowest BCUT2D eigenvalue weighted by Crippen LogP contribution is -2.42. The molecule has 1 aliphatic heterocycles. The highest BCUT2D eigenvalue weighted by molar-refractivity contribution is 5.83. The van der Waals surface area contributed by atoms with Gasteiger partial charge in [0.1, 0.15) is 12.6 Å². The molecule has 6 nitrogen and oxygen atoms in total. The molecular weight excluding hydrogens is 260 g/mol. The van der Waals surface area contributed by atoms with Crippen LogP contribution in [-0.4, -0.2) is 45.7 Å². The van der Waals surface area contributed by atoms with Crippen LogP contribution in [0.5, 0.6) is 0 Å². The van der Waals surface area contributed by atoms with Gasteiger partial charge in [0.2, 0.25) is 0 Å². The third-order valence-electron chi connectivity index (χ3n) is 3.33. The van der Waals surface area contributed by atoms with Crippen LogP contribution in [-0.2, 0) is 16.2 Å². The summed E-state index contributed by atoms with van der Waals surface area (Å²) in [6, 6.07) is 8.08. The summed E-state index contributed by atoms with van der Waals surface area (Å²) in [6.07, 6.45) is 0. The summed E-state index contributed by atoms with van der Waals surface area (Å²) in [5.41, 5.74) is 0.956. The quantitative estimate of drug-likeness (QED) is 0.890. The third kappa shape index (κ3) is 2.91. The molecular formula is C14H18N2O4. The Morgan fingerprint density at radius 1 is 1.45 bits per heavy atom. The molecule has 20 heavy (non-hydrogen) atoms. The van der Waals surface area contributed by atoms with Crippen LogP contribution >= 0.6 is 0 Å². The van der Waals surface area contributed by atoms with E-state index in [-0.39, 0.29) is 12.6 Å². The third-order valence-corrected chi connectivity index (χ3v) is 3.33. The first-order valence-corrected chi connectivity index (χ1v) is 6.50. The van der Waals surface area contributed by atoms with Crippen LogP contribution in [0.4, 0.5) is 4.79 Å². The smallest absolute Gasteiger partial charge is 0.345 e. The van der Waals surface area contributed by atoms with Crippen LogP contribution in [0.15, 0.2) is 30.3 Å². The van der Waals surface area contributed by atoms with Gasteiger partial charge in [-0.3, -0.25) is 4.84 Å². The van der Waals surface area contributed by atoms with Crippen LogP contribution < -0.4 is 0 Å². The number of amides is 2. The summed E-state index contributed by atoms with van der Waals surface area (Å²) in [5.74, 6) is -1.02. The van der Waals surface area contributed by atoms with E-state index in [0.717, 1.165) is 5.56 Å². The predicted octanol–water partition coefficient (Wildman–Crippen LogP) is 1.72. The number of hydrogen-bond acceptors (Lipinski definition) is 3. The predicted molar refractivity (Wildman–Crippen MR) is 71.7 cm³/mol. The van der Waals surface area contributed by atoms with Crippen molar-refractivity contribution in [2.45, 2.75) is 32.5 Å². The highest BCUT2D eigenvalue weighted by Crippen LogP contribution is 2.20. The molecule has 0 unspecified atom stereocenters. The first kappa shape index (κ1) is 14.3. The van der Waals surface area contributed by atoms with Gasteiger partial charge in [-0.25, -0.2) is 9.59 Å². The fourth-order valence-electron chi connectivity index (χ4n) is 2.11. The fourth-order valence-corrected chi connectivity index (χ4v) is 2.11. The minimum Gasteiger partial charge on any atom is -0.480 e. The maximum absolute atomic E-state index is 12.1. The second-order valence-electron chi connectivity index (χ2n) is 4.88. The fraction of sp³-hybridized carbons (Fsp3) is 0.429. The van der Waals surface area contributed by atoms with Crippen molar-refractivity contribution >= 4 is 12.0 Å². The molecule has 2 atom stereocenters. The molecule has 1 saturated heterocycles. The highest BCUT2D eigenvalue weighted by atomic mass is 16.7. The lowest BCUT2D eigenvalue weighted by Gasteiger charge is -2.21. The number of hydrogen-bond donors (Lipinski definition) is 1. The molecule has 1 aromatic rings. The van der Waals surface area contributed by atoms with Crippen molar-refractivity contribution < 1.29 is 19.5 Å². The van der Waals surface area contributed by atoms with E-state index in [4.69, 9.17) is 9.94 Å². The number of carboxylic acids is 1. The second kappa shape index (κ2) is 5.92. The van der Waals surface area contributed by atoms with Crippen molar-refractivity contribution in [2.24, 2.45) is 0 Å². The van der Waals surface area contributed by atoms with Crippen LogP contribution in [0.25, 0.3) is 0 Å². The minimum atomic E-state index is -1.02. The molecule has 1 aromatic carbocycles. The molecule has 6 heteroatoms. The SMILES string of the molecule is C[C@@H]1CN([C@@H](C)C(=O)O)C(=O)N1OCc1ccccc1. The molecule has 0 saturated carbocycles. The van der Waals surface area contributed by atoms with Gasteiger partial charge in [-0.15, -0.1) is 0 Å². The topological polar surface area (TPSA) is 70.1 Å². The Morgan fingerprint density at radius 3 is 2.70 bits per heavy atom. The molecule has 108 valence electrons. The van der Waals surface area contributed by atoms with E-state index in [9.17, 15) is 9.59 Å². The van der Waals surface area contributed by atoms with Crippen molar-refractivity contribution in [2.75, 3.05) is 6.54 Å². The second-order valence-corrected chi connectivity index (χ2v) is 4.88. The van der Waals surface area contributed by atoms with E-state index >= 15 is 0 Å². The Morgan fingerprint density at radius 2 is 2.10 bits per heavy atom. The number of aliphatic carboxylic acids is 1. The number of carbonyl (C=O) groups excluding carboxylic acids is 1. The Kier molecular flexibility index (Phi) is 4.24. The molecule has 2 amide bonds. The monoisotopic (exact) mass is 278 g/mol. The molecule has 1 N–H and O–H groups in total. The van der Waals surface area contributed by atoms with Gasteiger partial charge >= 0.3 is 12.0 Å². The zero-order chi connectivity index (χ0) is 14.7. The molecule has 0 aliphatic carbocycles. The van der Waals surface area contributed by atoms with Gasteiger partial charge in [0, 0.05) is 6.54 Å². The Balaban J connectivity index is 1.99. The Labute approximate surface area is 117 Å². The standard InChI is InChI=1S/C14H18N2O4/c1-10-8-15(11(2)13(17)18)14(19)16(10)20-9-12-6-4-3-5-7-12/h3-7,10-11H,8-9H2,1-2H3,(H,17,18)/t10-,11+/m1/s1. The number of carboxylic acid groups (broad SMARTS) is 1. The molecule has 0 spiro atoms. The van der Waals surface area contributed by atoms with Gasteiger partial charge in [0.15, 0.2) is 0 Å². The van der Waals surface area contributed by atoms with Crippen molar-refractivity contribution in [3.05, 3.63) is 35.9 Å². The van der Waals surface area contributed by atoms with Gasteiger partial charge < -0.3 is 10.0 Å². The van der Waals surface area contributed by atoms with Crippen molar-refractivity contribution in [3.8, 4) is 0 Å². The molecule has 0 bridgehead atoms. The van der Waals surface area contributed by atoms with Gasteiger partial charge in [0.05, 0.1) is 6.04 Å². The number of hydroxylamine groups is 2. The Bertz CT molecular complexity index is 491. The summed E-state index contributed by atoms with van der Waals surface area (Å²) in [7, 11) is 0. The number of nitrogens with zero attached hydrogens (tertiary/aromatic N) is 2. The average Bonchev–Trinajstić information content (AvgIpc) is 2.72. The van der Waals surface area contributed by atoms with Crippen molar-refractivity contribution in [3.63, 3.8) is 0 Å². The minimum absolute atomic E-state index is 0.173. The molecule has 0 aromatic heterocycles. The molecule has 1 heterocycles. The number of carbonyl (C=O) groups is 2. The van der Waals surface area contributed by atoms with Crippen molar-refractivity contribution in [1.29, 1.82) is 0 Å². The number of rotatable bonds is 5. The number of urea groups is 1. The van der Waals surface area contributed by atoms with Crippen LogP contribution in [0.2, 0.25) is 0 Å². The molecule has 1 fully saturated rings. The van der Waals surface area contributed by atoms with Gasteiger partial charge in [0.25, 0.3) is 0 Å². The van der Waals surface area contributed by atoms with E-state index < -0.39 is 18.0 Å². The Hall–Kier alpha value is -2.08. The largest absolute Gasteiger partial charge is 0.480 e. The molecule has 1 aliphatic rings. The number of benzene rings is 1. The lowest BCUT2D eigenvalue weighted by molar-refractivity contribution is -0.143. The zero-order valence-corrected chi connectivity index (χ0v) is 11.5. The maximum Gasteiger partial charge on any atom is 0.345 e. The van der Waals surface area contributed by atoms with E-state index in [1.807, 2.05) is 37.3 Å². The summed E-state index contributed by atoms with van der Waals surface area (Å²) >= 11 is 0. The summed E-state index contributed by atoms with van der Waals surface area (Å²) in [6.45, 7) is 3.96. The van der Waals surface area contributed by atoms with Gasteiger partial charge in [-0.1, -0.05) is 30.3 Å². The zero-order valence-electron chi connectivity index (χ0n) is 11.5. The van der Waals surface area contributed by atoms with E-state index in [2.05, 4.69) is 0 Å². The van der Waals surface area contributed by atoms with E-state index in [1.54, 1.807) is 0 Å². The van der Waals surface area contributed by atoms with Crippen LogP contribution in [0.3, 0.4) is 0 Å². The summed E-state index contributed by atoms with van der Waals surface area (Å²) in [4.78, 5) is 29.9. The average molecular weight is 278 g/mol. The van der Waals surface area contributed by atoms with Crippen molar-refractivity contribution in [1.82, 2.24) is 9.96 Å². The van der Waals surface area contributed by atoms with Crippen LogP contribution in [0, 0.1) is 0 Å². The van der Waals surface area contributed by atoms with E-state index in [1.165, 1.54) is 16.9 Å². The first-order valence-electron chi connectivity index (χ1n) is 6.50. The van der Waals surface area contributed by atoms with Crippen LogP contribution in [0.1, 0.15) is 19.4 Å².